The van der Waals surface area contributed by atoms with Crippen LogP contribution in [-0.4, -0.2) is 51.2 Å². The lowest BCUT2D eigenvalue weighted by atomic mass is 9.98. The van der Waals surface area contributed by atoms with Gasteiger partial charge < -0.3 is 9.64 Å². The summed E-state index contributed by atoms with van der Waals surface area (Å²) in [4.78, 5) is 31.4. The minimum Gasteiger partial charge on any atom is -0.466 e. The van der Waals surface area contributed by atoms with Crippen LogP contribution in [0.4, 0.5) is 0 Å². The number of rotatable bonds is 5. The molecular weight excluding hydrogens is 392 g/mol. The van der Waals surface area contributed by atoms with Gasteiger partial charge in [0, 0.05) is 24.7 Å². The van der Waals surface area contributed by atoms with Gasteiger partial charge in [0.15, 0.2) is 5.65 Å². The molecule has 1 aliphatic heterocycles. The molecule has 0 saturated carbocycles. The molecule has 162 valence electrons. The summed E-state index contributed by atoms with van der Waals surface area (Å²) in [7, 11) is 0. The summed E-state index contributed by atoms with van der Waals surface area (Å²) in [5.74, 6) is -0.522. The highest BCUT2D eigenvalue weighted by Gasteiger charge is 2.30. The molecular formula is C24H28N4O3. The van der Waals surface area contributed by atoms with Crippen molar-refractivity contribution in [3.8, 4) is 11.1 Å². The normalized spacial score (nSPS) is 16.5. The molecule has 0 aliphatic carbocycles. The molecule has 2 aromatic heterocycles. The van der Waals surface area contributed by atoms with Crippen molar-refractivity contribution >= 4 is 22.9 Å². The maximum Gasteiger partial charge on any atom is 0.310 e. The van der Waals surface area contributed by atoms with Crippen LogP contribution >= 0.6 is 0 Å². The summed E-state index contributed by atoms with van der Waals surface area (Å²) in [5.41, 5.74) is 4.90. The smallest absolute Gasteiger partial charge is 0.310 e. The molecule has 7 heteroatoms. The lowest BCUT2D eigenvalue weighted by Crippen LogP contribution is -2.44. The maximum atomic E-state index is 13.0. The molecule has 1 amide bonds. The molecule has 1 saturated heterocycles. The average molecular weight is 421 g/mol. The van der Waals surface area contributed by atoms with E-state index in [1.165, 1.54) is 5.56 Å². The molecule has 3 heterocycles. The molecule has 31 heavy (non-hydrogen) atoms. The first-order chi connectivity index (χ1) is 15.0. The molecule has 1 fully saturated rings. The Balaban J connectivity index is 1.58. The van der Waals surface area contributed by atoms with Crippen LogP contribution in [0.3, 0.4) is 0 Å². The van der Waals surface area contributed by atoms with Crippen LogP contribution < -0.4 is 0 Å². The number of amides is 1. The number of piperidine rings is 1. The van der Waals surface area contributed by atoms with E-state index < -0.39 is 0 Å². The molecule has 1 unspecified atom stereocenters. The Bertz CT molecular complexity index is 1100. The fourth-order valence-corrected chi connectivity index (χ4v) is 4.25. The molecule has 4 rings (SSSR count). The van der Waals surface area contributed by atoms with Gasteiger partial charge in [0.2, 0.25) is 5.91 Å². The van der Waals surface area contributed by atoms with Crippen molar-refractivity contribution in [3.63, 3.8) is 0 Å². The van der Waals surface area contributed by atoms with E-state index in [2.05, 4.69) is 41.3 Å². The third-order valence-corrected chi connectivity index (χ3v) is 5.85. The van der Waals surface area contributed by atoms with Crippen LogP contribution in [0.5, 0.6) is 0 Å². The van der Waals surface area contributed by atoms with E-state index in [1.807, 2.05) is 13.0 Å². The van der Waals surface area contributed by atoms with Crippen LogP contribution in [0.2, 0.25) is 0 Å². The van der Waals surface area contributed by atoms with E-state index in [9.17, 15) is 9.59 Å². The standard InChI is InChI=1S/C24H28N4O3/c1-4-31-24(30)19-6-5-13-27(14-19)21(29)15-28-23-22(17(3)26-28)20(11-12-25-23)18-9-7-16(2)8-10-18/h7-12,19H,4-6,13-15H2,1-3H3. The van der Waals surface area contributed by atoms with E-state index >= 15 is 0 Å². The molecule has 0 radical (unpaired) electrons. The van der Waals surface area contributed by atoms with Crippen molar-refractivity contribution in [2.45, 2.75) is 40.2 Å². The predicted octanol–water partition coefficient (Wildman–Crippen LogP) is 3.52. The van der Waals surface area contributed by atoms with Crippen LogP contribution in [0, 0.1) is 19.8 Å². The number of fused-ring (bicyclic) bond motifs is 1. The van der Waals surface area contributed by atoms with Gasteiger partial charge in [-0.25, -0.2) is 9.67 Å². The first kappa shape index (κ1) is 21.0. The minimum absolute atomic E-state index is 0.0547. The molecule has 0 bridgehead atoms. The van der Waals surface area contributed by atoms with E-state index in [-0.39, 0.29) is 24.3 Å². The first-order valence-electron chi connectivity index (χ1n) is 10.8. The molecule has 0 N–H and O–H groups in total. The fourth-order valence-electron chi connectivity index (χ4n) is 4.25. The highest BCUT2D eigenvalue weighted by Crippen LogP contribution is 2.30. The highest BCUT2D eigenvalue weighted by molar-refractivity contribution is 5.95. The van der Waals surface area contributed by atoms with Gasteiger partial charge in [-0.05, 0) is 50.8 Å². The van der Waals surface area contributed by atoms with Crippen molar-refractivity contribution in [2.75, 3.05) is 19.7 Å². The minimum atomic E-state index is -0.250. The van der Waals surface area contributed by atoms with Gasteiger partial charge in [-0.3, -0.25) is 9.59 Å². The van der Waals surface area contributed by atoms with Gasteiger partial charge in [-0.1, -0.05) is 29.8 Å². The summed E-state index contributed by atoms with van der Waals surface area (Å²) in [6.45, 7) is 7.31. The van der Waals surface area contributed by atoms with Gasteiger partial charge in [0.1, 0.15) is 6.54 Å². The number of aromatic nitrogens is 3. The zero-order valence-corrected chi connectivity index (χ0v) is 18.3. The Morgan fingerprint density at radius 3 is 2.68 bits per heavy atom. The molecule has 3 aromatic rings. The van der Waals surface area contributed by atoms with Gasteiger partial charge in [0.25, 0.3) is 0 Å². The SMILES string of the molecule is CCOC(=O)C1CCCN(C(=O)Cn2nc(C)c3c(-c4ccc(C)cc4)ccnc32)C1. The quantitative estimate of drug-likeness (QED) is 0.590. The van der Waals surface area contributed by atoms with Crippen molar-refractivity contribution in [3.05, 3.63) is 47.8 Å². The Kier molecular flexibility index (Phi) is 6.02. The number of likely N-dealkylation sites (tertiary alicyclic amines) is 1. The van der Waals surface area contributed by atoms with Crippen LogP contribution in [-0.2, 0) is 20.9 Å². The van der Waals surface area contributed by atoms with E-state index in [0.717, 1.165) is 35.0 Å². The first-order valence-corrected chi connectivity index (χ1v) is 10.8. The second kappa shape index (κ2) is 8.88. The average Bonchev–Trinajstić information content (AvgIpc) is 3.10. The summed E-state index contributed by atoms with van der Waals surface area (Å²) in [5, 5.41) is 5.59. The second-order valence-corrected chi connectivity index (χ2v) is 8.10. The molecule has 7 nitrogen and oxygen atoms in total. The number of nitrogens with zero attached hydrogens (tertiary/aromatic N) is 4. The zero-order chi connectivity index (χ0) is 22.0. The lowest BCUT2D eigenvalue weighted by Gasteiger charge is -2.31. The second-order valence-electron chi connectivity index (χ2n) is 8.10. The summed E-state index contributed by atoms with van der Waals surface area (Å²) in [6, 6.07) is 10.3. The monoisotopic (exact) mass is 420 g/mol. The number of aryl methyl sites for hydroxylation is 2. The Morgan fingerprint density at radius 2 is 1.94 bits per heavy atom. The fraction of sp³-hybridized carbons (Fsp3) is 0.417. The van der Waals surface area contributed by atoms with Crippen molar-refractivity contribution in [2.24, 2.45) is 5.92 Å². The predicted molar refractivity (Wildman–Crippen MR) is 118 cm³/mol. The molecule has 1 aromatic carbocycles. The Morgan fingerprint density at radius 1 is 1.16 bits per heavy atom. The van der Waals surface area contributed by atoms with Crippen molar-refractivity contribution in [1.29, 1.82) is 0 Å². The summed E-state index contributed by atoms with van der Waals surface area (Å²) in [6.07, 6.45) is 3.31. The Labute approximate surface area is 182 Å². The van der Waals surface area contributed by atoms with Crippen molar-refractivity contribution < 1.29 is 14.3 Å². The Hall–Kier alpha value is -3.22. The number of carbonyl (C=O) groups excluding carboxylic acids is 2. The molecule has 1 aliphatic rings. The lowest BCUT2D eigenvalue weighted by molar-refractivity contribution is -0.151. The van der Waals surface area contributed by atoms with Crippen LogP contribution in [0.1, 0.15) is 31.0 Å². The topological polar surface area (TPSA) is 77.3 Å². The van der Waals surface area contributed by atoms with E-state index in [0.29, 0.717) is 25.3 Å². The van der Waals surface area contributed by atoms with E-state index in [4.69, 9.17) is 4.74 Å². The summed E-state index contributed by atoms with van der Waals surface area (Å²) < 4.78 is 6.83. The van der Waals surface area contributed by atoms with Gasteiger partial charge in [-0.15, -0.1) is 0 Å². The number of hydrogen-bond donors (Lipinski definition) is 0. The third kappa shape index (κ3) is 4.31. The largest absolute Gasteiger partial charge is 0.466 e. The molecule has 1 atom stereocenters. The zero-order valence-electron chi connectivity index (χ0n) is 18.3. The van der Waals surface area contributed by atoms with Crippen LogP contribution in [0.15, 0.2) is 36.5 Å². The van der Waals surface area contributed by atoms with Gasteiger partial charge >= 0.3 is 5.97 Å². The number of carbonyl (C=O) groups is 2. The van der Waals surface area contributed by atoms with Gasteiger partial charge in [-0.2, -0.15) is 5.10 Å². The van der Waals surface area contributed by atoms with E-state index in [1.54, 1.807) is 22.7 Å². The van der Waals surface area contributed by atoms with Crippen molar-refractivity contribution in [1.82, 2.24) is 19.7 Å². The number of ether oxygens (including phenoxy) is 1. The van der Waals surface area contributed by atoms with Crippen LogP contribution in [0.25, 0.3) is 22.2 Å². The third-order valence-electron chi connectivity index (χ3n) is 5.85. The number of esters is 1. The molecule has 0 spiro atoms. The number of benzene rings is 1. The van der Waals surface area contributed by atoms with Gasteiger partial charge in [0.05, 0.1) is 18.2 Å². The number of hydrogen-bond acceptors (Lipinski definition) is 5. The highest BCUT2D eigenvalue weighted by atomic mass is 16.5. The maximum absolute atomic E-state index is 13.0. The summed E-state index contributed by atoms with van der Waals surface area (Å²) >= 11 is 0. The number of pyridine rings is 1.